The van der Waals surface area contributed by atoms with Crippen LogP contribution in [0, 0.1) is 6.92 Å². The zero-order valence-electron chi connectivity index (χ0n) is 11.8. The van der Waals surface area contributed by atoms with Crippen LogP contribution < -0.4 is 10.6 Å². The summed E-state index contributed by atoms with van der Waals surface area (Å²) in [6.45, 7) is 2.07. The van der Waals surface area contributed by atoms with Gasteiger partial charge in [-0.25, -0.2) is 0 Å². The van der Waals surface area contributed by atoms with Crippen molar-refractivity contribution in [2.24, 2.45) is 5.73 Å². The second kappa shape index (κ2) is 5.70. The third kappa shape index (κ3) is 3.02. The van der Waals surface area contributed by atoms with Gasteiger partial charge < -0.3 is 10.6 Å². The summed E-state index contributed by atoms with van der Waals surface area (Å²) in [7, 11) is 4.15. The molecule has 0 spiro atoms. The average Bonchev–Trinajstić information content (AvgIpc) is 2.53. The molecule has 1 heterocycles. The van der Waals surface area contributed by atoms with Gasteiger partial charge in [-0.1, -0.05) is 19.3 Å². The van der Waals surface area contributed by atoms with Crippen LogP contribution in [0.25, 0.3) is 0 Å². The molecule has 3 nitrogen and oxygen atoms in total. The van der Waals surface area contributed by atoms with Gasteiger partial charge >= 0.3 is 0 Å². The minimum Gasteiger partial charge on any atom is -0.378 e. The first-order valence-electron chi connectivity index (χ1n) is 6.99. The van der Waals surface area contributed by atoms with E-state index in [1.807, 2.05) is 0 Å². The van der Waals surface area contributed by atoms with Gasteiger partial charge in [0.15, 0.2) is 0 Å². The molecule has 3 heteroatoms. The molecule has 2 N–H and O–H groups in total. The van der Waals surface area contributed by atoms with E-state index in [1.54, 1.807) is 0 Å². The third-order valence-electron chi connectivity index (χ3n) is 3.92. The minimum absolute atomic E-state index is 0.275. The fourth-order valence-corrected chi connectivity index (χ4v) is 2.83. The molecule has 100 valence electrons. The molecule has 2 unspecified atom stereocenters. The van der Waals surface area contributed by atoms with Crippen LogP contribution in [0.2, 0.25) is 0 Å². The minimum atomic E-state index is 0.275. The lowest BCUT2D eigenvalue weighted by atomic mass is 9.91. The number of nitrogens with two attached hydrogens (primary N) is 1. The number of pyridine rings is 1. The Hall–Kier alpha value is -1.09. The molecule has 1 saturated carbocycles. The molecule has 0 bridgehead atoms. The zero-order chi connectivity index (χ0) is 13.1. The van der Waals surface area contributed by atoms with Gasteiger partial charge in [0, 0.05) is 43.1 Å². The van der Waals surface area contributed by atoms with Crippen molar-refractivity contribution in [1.29, 1.82) is 0 Å². The number of aryl methyl sites for hydroxylation is 1. The van der Waals surface area contributed by atoms with E-state index in [0.717, 1.165) is 12.1 Å². The van der Waals surface area contributed by atoms with Gasteiger partial charge in [0.1, 0.15) is 0 Å². The van der Waals surface area contributed by atoms with E-state index in [4.69, 9.17) is 10.7 Å². The molecule has 0 aliphatic heterocycles. The first kappa shape index (κ1) is 13.3. The number of hydrogen-bond acceptors (Lipinski definition) is 3. The summed E-state index contributed by atoms with van der Waals surface area (Å²) in [6, 6.07) is 4.62. The van der Waals surface area contributed by atoms with Crippen LogP contribution in [0.5, 0.6) is 0 Å². The Kier molecular flexibility index (Phi) is 4.23. The summed E-state index contributed by atoms with van der Waals surface area (Å²) in [5.41, 5.74) is 9.84. The topological polar surface area (TPSA) is 42.1 Å². The van der Waals surface area contributed by atoms with E-state index in [0.29, 0.717) is 5.92 Å². The van der Waals surface area contributed by atoms with Gasteiger partial charge in [0.05, 0.1) is 0 Å². The summed E-state index contributed by atoms with van der Waals surface area (Å²) in [4.78, 5) is 6.86. The molecule has 0 aromatic carbocycles. The van der Waals surface area contributed by atoms with Gasteiger partial charge in [-0.05, 0) is 31.9 Å². The van der Waals surface area contributed by atoms with Crippen LogP contribution in [-0.4, -0.2) is 25.1 Å². The Morgan fingerprint density at radius 1 is 1.17 bits per heavy atom. The van der Waals surface area contributed by atoms with Crippen LogP contribution in [0.3, 0.4) is 0 Å². The number of hydrogen-bond donors (Lipinski definition) is 1. The summed E-state index contributed by atoms with van der Waals surface area (Å²) in [6.07, 6.45) is 6.19. The molecular weight excluding hydrogens is 222 g/mol. The SMILES string of the molecule is Cc1cc(N(C)C)cc(C2CCCCCC2N)n1. The molecule has 1 aliphatic rings. The molecule has 1 fully saturated rings. The number of anilines is 1. The average molecular weight is 247 g/mol. The summed E-state index contributed by atoms with van der Waals surface area (Å²) >= 11 is 0. The van der Waals surface area contributed by atoms with E-state index < -0.39 is 0 Å². The van der Waals surface area contributed by atoms with Crippen molar-refractivity contribution in [1.82, 2.24) is 4.98 Å². The van der Waals surface area contributed by atoms with Crippen LogP contribution in [0.15, 0.2) is 12.1 Å². The van der Waals surface area contributed by atoms with E-state index >= 15 is 0 Å². The smallest absolute Gasteiger partial charge is 0.0473 e. The highest BCUT2D eigenvalue weighted by atomic mass is 15.1. The highest BCUT2D eigenvalue weighted by Crippen LogP contribution is 2.31. The monoisotopic (exact) mass is 247 g/mol. The molecule has 0 saturated heterocycles. The van der Waals surface area contributed by atoms with E-state index in [2.05, 4.69) is 38.1 Å². The largest absolute Gasteiger partial charge is 0.378 e. The van der Waals surface area contributed by atoms with Crippen molar-refractivity contribution in [3.05, 3.63) is 23.5 Å². The van der Waals surface area contributed by atoms with Crippen molar-refractivity contribution in [3.8, 4) is 0 Å². The van der Waals surface area contributed by atoms with Crippen LogP contribution >= 0.6 is 0 Å². The Balaban J connectivity index is 2.30. The van der Waals surface area contributed by atoms with E-state index in [1.165, 1.54) is 37.1 Å². The van der Waals surface area contributed by atoms with Gasteiger partial charge in [-0.15, -0.1) is 0 Å². The predicted molar refractivity (Wildman–Crippen MR) is 77.1 cm³/mol. The number of rotatable bonds is 2. The Morgan fingerprint density at radius 3 is 2.61 bits per heavy atom. The summed E-state index contributed by atoms with van der Waals surface area (Å²) < 4.78 is 0. The number of aromatic nitrogens is 1. The second-order valence-corrected chi connectivity index (χ2v) is 5.69. The highest BCUT2D eigenvalue weighted by molar-refractivity contribution is 5.47. The Bertz CT molecular complexity index is 401. The molecule has 18 heavy (non-hydrogen) atoms. The quantitative estimate of drug-likeness (QED) is 0.817. The molecule has 1 aromatic rings. The van der Waals surface area contributed by atoms with Gasteiger partial charge in [-0.2, -0.15) is 0 Å². The lowest BCUT2D eigenvalue weighted by Crippen LogP contribution is -2.28. The normalized spacial score (nSPS) is 24.7. The summed E-state index contributed by atoms with van der Waals surface area (Å²) in [5.74, 6) is 0.436. The van der Waals surface area contributed by atoms with Gasteiger partial charge in [-0.3, -0.25) is 4.98 Å². The third-order valence-corrected chi connectivity index (χ3v) is 3.92. The Labute approximate surface area is 110 Å². The van der Waals surface area contributed by atoms with Gasteiger partial charge in [0.2, 0.25) is 0 Å². The van der Waals surface area contributed by atoms with E-state index in [9.17, 15) is 0 Å². The second-order valence-electron chi connectivity index (χ2n) is 5.69. The van der Waals surface area contributed by atoms with Crippen molar-refractivity contribution >= 4 is 5.69 Å². The first-order chi connectivity index (χ1) is 8.58. The first-order valence-corrected chi connectivity index (χ1v) is 6.99. The zero-order valence-corrected chi connectivity index (χ0v) is 11.8. The highest BCUT2D eigenvalue weighted by Gasteiger charge is 2.23. The van der Waals surface area contributed by atoms with E-state index in [-0.39, 0.29) is 6.04 Å². The van der Waals surface area contributed by atoms with Crippen LogP contribution in [0.1, 0.15) is 49.4 Å². The van der Waals surface area contributed by atoms with Crippen molar-refractivity contribution in [2.45, 2.75) is 51.0 Å². The fraction of sp³-hybridized carbons (Fsp3) is 0.667. The van der Waals surface area contributed by atoms with Crippen LogP contribution in [-0.2, 0) is 0 Å². The number of nitrogens with zero attached hydrogens (tertiary/aromatic N) is 2. The van der Waals surface area contributed by atoms with Crippen LogP contribution in [0.4, 0.5) is 5.69 Å². The lowest BCUT2D eigenvalue weighted by Gasteiger charge is -2.23. The molecule has 0 amide bonds. The molecule has 0 radical (unpaired) electrons. The van der Waals surface area contributed by atoms with Crippen molar-refractivity contribution in [2.75, 3.05) is 19.0 Å². The Morgan fingerprint density at radius 2 is 1.89 bits per heavy atom. The molecular formula is C15H25N3. The molecule has 2 atom stereocenters. The molecule has 1 aliphatic carbocycles. The maximum atomic E-state index is 6.33. The lowest BCUT2D eigenvalue weighted by molar-refractivity contribution is 0.494. The maximum absolute atomic E-state index is 6.33. The van der Waals surface area contributed by atoms with Crippen molar-refractivity contribution < 1.29 is 0 Å². The maximum Gasteiger partial charge on any atom is 0.0473 e. The van der Waals surface area contributed by atoms with Crippen molar-refractivity contribution in [3.63, 3.8) is 0 Å². The fourth-order valence-electron chi connectivity index (χ4n) is 2.83. The van der Waals surface area contributed by atoms with Gasteiger partial charge in [0.25, 0.3) is 0 Å². The standard InChI is InChI=1S/C15H25N3/c1-11-9-12(18(2)3)10-15(17-11)13-7-5-4-6-8-14(13)16/h9-10,13-14H,4-8,16H2,1-3H3. The predicted octanol–water partition coefficient (Wildman–Crippen LogP) is 2.83. The molecule has 2 rings (SSSR count). The summed E-state index contributed by atoms with van der Waals surface area (Å²) in [5, 5.41) is 0. The molecule has 1 aromatic heterocycles.